The highest BCUT2D eigenvalue weighted by molar-refractivity contribution is 6.16. The molecule has 3 aromatic rings. The number of para-hydroxylation sites is 1. The first-order valence-electron chi connectivity index (χ1n) is 15.3. The van der Waals surface area contributed by atoms with E-state index in [-0.39, 0.29) is 25.2 Å². The number of nitrogens with zero attached hydrogens (tertiary/aromatic N) is 1. The van der Waals surface area contributed by atoms with Gasteiger partial charge in [-0.2, -0.15) is 4.90 Å². The summed E-state index contributed by atoms with van der Waals surface area (Å²) in [5, 5.41) is 10.3. The van der Waals surface area contributed by atoms with Gasteiger partial charge in [0.15, 0.2) is 0 Å². The second kappa shape index (κ2) is 12.7. The fourth-order valence-corrected chi connectivity index (χ4v) is 7.08. The van der Waals surface area contributed by atoms with Crippen molar-refractivity contribution in [2.45, 2.75) is 39.2 Å². The summed E-state index contributed by atoms with van der Waals surface area (Å²) >= 11 is 0. The van der Waals surface area contributed by atoms with Gasteiger partial charge in [-0.1, -0.05) is 54.6 Å². The van der Waals surface area contributed by atoms with Gasteiger partial charge in [0.05, 0.1) is 31.7 Å². The number of imide groups is 3. The number of allylic oxidation sites excluding steroid dienone is 1. The van der Waals surface area contributed by atoms with Gasteiger partial charge in [-0.3, -0.25) is 9.59 Å². The normalized spacial score (nSPS) is 22.8. The van der Waals surface area contributed by atoms with Crippen molar-refractivity contribution in [1.82, 2.24) is 4.90 Å². The van der Waals surface area contributed by atoms with Crippen molar-refractivity contribution in [2.75, 3.05) is 20.3 Å². The molecule has 2 heterocycles. The van der Waals surface area contributed by atoms with E-state index in [1.807, 2.05) is 74.5 Å². The van der Waals surface area contributed by atoms with Gasteiger partial charge in [0.25, 0.3) is 0 Å². The molecule has 0 unspecified atom stereocenters. The minimum atomic E-state index is -0.948. The predicted octanol–water partition coefficient (Wildman–Crippen LogP) is 6.49. The number of phenolic OH excluding ortho intramolecular Hbond substituents is 1. The standard InChI is InChI=1S/C37H37NO7/c1-22-16-24(17-23(2)34(22)39)18-26(25-10-6-4-7-11-25)14-15-31-32-27(20-44-28-12-8-5-9-13-28)19-29-33(30(32)21-45-31)36(41)38(35(29)40)37(42)43-3/h4-13,16-18,29-31,33,39H,14-15,19-21H2,1-3H3/b26-18-/t29-,30+,31-,33-/m1/s1. The van der Waals surface area contributed by atoms with Crippen LogP contribution in [0.5, 0.6) is 11.5 Å². The van der Waals surface area contributed by atoms with Crippen molar-refractivity contribution in [3.63, 3.8) is 0 Å². The number of aromatic hydroxyl groups is 1. The van der Waals surface area contributed by atoms with Crippen LogP contribution in [-0.4, -0.2) is 54.3 Å². The first-order chi connectivity index (χ1) is 21.8. The average molecular weight is 608 g/mol. The van der Waals surface area contributed by atoms with Crippen molar-refractivity contribution >= 4 is 29.6 Å². The van der Waals surface area contributed by atoms with E-state index in [9.17, 15) is 19.5 Å². The molecular weight excluding hydrogens is 570 g/mol. The Bertz CT molecular complexity index is 1650. The Kier molecular flexibility index (Phi) is 8.59. The molecule has 2 saturated heterocycles. The molecular formula is C37H37NO7. The van der Waals surface area contributed by atoms with E-state index >= 15 is 0 Å². The Balaban J connectivity index is 1.32. The van der Waals surface area contributed by atoms with Gasteiger partial charge in [0.2, 0.25) is 11.8 Å². The number of fused-ring (bicyclic) bond motifs is 3. The molecule has 232 valence electrons. The lowest BCUT2D eigenvalue weighted by Gasteiger charge is -2.31. The molecule has 8 heteroatoms. The third-order valence-corrected chi connectivity index (χ3v) is 9.20. The second-order valence-electron chi connectivity index (χ2n) is 12.0. The smallest absolute Gasteiger partial charge is 0.423 e. The van der Waals surface area contributed by atoms with Gasteiger partial charge in [-0.25, -0.2) is 4.79 Å². The summed E-state index contributed by atoms with van der Waals surface area (Å²) < 4.78 is 17.4. The number of aryl methyl sites for hydroxylation is 2. The second-order valence-corrected chi connectivity index (χ2v) is 12.0. The summed E-state index contributed by atoms with van der Waals surface area (Å²) in [5.74, 6) is -1.71. The van der Waals surface area contributed by atoms with Crippen LogP contribution in [0.15, 0.2) is 83.9 Å². The number of carbonyl (C=O) groups excluding carboxylic acids is 3. The third-order valence-electron chi connectivity index (χ3n) is 9.20. The Morgan fingerprint density at radius 2 is 1.64 bits per heavy atom. The zero-order valence-corrected chi connectivity index (χ0v) is 25.7. The summed E-state index contributed by atoms with van der Waals surface area (Å²) in [7, 11) is 1.17. The number of methoxy groups -OCH3 is 1. The van der Waals surface area contributed by atoms with Crippen LogP contribution in [0.4, 0.5) is 4.79 Å². The van der Waals surface area contributed by atoms with Crippen LogP contribution in [0, 0.1) is 31.6 Å². The molecule has 2 aliphatic heterocycles. The number of phenols is 1. The maximum Gasteiger partial charge on any atom is 0.423 e. The van der Waals surface area contributed by atoms with E-state index < -0.39 is 29.7 Å². The van der Waals surface area contributed by atoms with Crippen molar-refractivity contribution < 1.29 is 33.7 Å². The number of likely N-dealkylation sites (tertiary alicyclic amines) is 1. The molecule has 2 fully saturated rings. The Morgan fingerprint density at radius 1 is 0.978 bits per heavy atom. The van der Waals surface area contributed by atoms with Gasteiger partial charge in [0, 0.05) is 5.92 Å². The summed E-state index contributed by atoms with van der Waals surface area (Å²) in [6.45, 7) is 4.33. The van der Waals surface area contributed by atoms with Gasteiger partial charge in [0.1, 0.15) is 18.1 Å². The molecule has 8 nitrogen and oxygen atoms in total. The lowest BCUT2D eigenvalue weighted by molar-refractivity contribution is -0.137. The molecule has 3 aromatic carbocycles. The molecule has 0 bridgehead atoms. The number of amides is 3. The van der Waals surface area contributed by atoms with E-state index in [0.29, 0.717) is 35.7 Å². The molecule has 4 atom stereocenters. The number of ether oxygens (including phenoxy) is 3. The van der Waals surface area contributed by atoms with E-state index in [1.165, 1.54) is 7.11 Å². The van der Waals surface area contributed by atoms with Crippen molar-refractivity contribution in [2.24, 2.45) is 17.8 Å². The average Bonchev–Trinajstić information content (AvgIpc) is 3.59. The topological polar surface area (TPSA) is 102 Å². The Labute approximate surface area is 262 Å². The molecule has 1 N–H and O–H groups in total. The molecule has 0 radical (unpaired) electrons. The zero-order valence-electron chi connectivity index (χ0n) is 25.7. The SMILES string of the molecule is COC(=O)N1C(=O)[C@@H]2[C@@H](CC(COc3ccccc3)=C3[C@@H](CC/C(=C/c4cc(C)c(O)c(C)c4)c4ccccc4)OC[C@@H]32)C1=O. The molecule has 45 heavy (non-hydrogen) atoms. The van der Waals surface area contributed by atoms with E-state index in [2.05, 4.69) is 18.2 Å². The van der Waals surface area contributed by atoms with E-state index in [4.69, 9.17) is 14.2 Å². The number of benzene rings is 3. The van der Waals surface area contributed by atoms with Crippen LogP contribution in [0.25, 0.3) is 11.6 Å². The van der Waals surface area contributed by atoms with Crippen molar-refractivity contribution in [3.8, 4) is 11.5 Å². The summed E-state index contributed by atoms with van der Waals surface area (Å²) in [5.41, 5.74) is 6.79. The Morgan fingerprint density at radius 3 is 2.31 bits per heavy atom. The summed E-state index contributed by atoms with van der Waals surface area (Å²) in [6.07, 6.45) is 2.57. The van der Waals surface area contributed by atoms with Crippen LogP contribution in [0.1, 0.15) is 41.5 Å². The fraction of sp³-hybridized carbons (Fsp3) is 0.324. The van der Waals surface area contributed by atoms with Crippen LogP contribution in [0.2, 0.25) is 0 Å². The molecule has 3 aliphatic rings. The number of hydrogen-bond acceptors (Lipinski definition) is 7. The van der Waals surface area contributed by atoms with Gasteiger partial charge in [-0.05, 0) is 96.3 Å². The molecule has 6 rings (SSSR count). The molecule has 3 amide bonds. The minimum absolute atomic E-state index is 0.256. The first kappa shape index (κ1) is 30.3. The van der Waals surface area contributed by atoms with E-state index in [1.54, 1.807) is 0 Å². The van der Waals surface area contributed by atoms with Crippen molar-refractivity contribution in [1.29, 1.82) is 0 Å². The quantitative estimate of drug-likeness (QED) is 0.177. The molecule has 0 spiro atoms. The number of rotatable bonds is 8. The molecule has 0 saturated carbocycles. The van der Waals surface area contributed by atoms with Gasteiger partial charge < -0.3 is 19.3 Å². The third kappa shape index (κ3) is 5.90. The monoisotopic (exact) mass is 607 g/mol. The lowest BCUT2D eigenvalue weighted by atomic mass is 9.69. The van der Waals surface area contributed by atoms with Crippen LogP contribution < -0.4 is 4.74 Å². The zero-order chi connectivity index (χ0) is 31.7. The summed E-state index contributed by atoms with van der Waals surface area (Å²) in [6, 6.07) is 23.6. The predicted molar refractivity (Wildman–Crippen MR) is 169 cm³/mol. The minimum Gasteiger partial charge on any atom is -0.507 e. The van der Waals surface area contributed by atoms with E-state index in [0.717, 1.165) is 39.0 Å². The van der Waals surface area contributed by atoms with Crippen molar-refractivity contribution in [3.05, 3.63) is 106 Å². The van der Waals surface area contributed by atoms with Gasteiger partial charge in [-0.15, -0.1) is 0 Å². The lowest BCUT2D eigenvalue weighted by Crippen LogP contribution is -2.38. The highest BCUT2D eigenvalue weighted by atomic mass is 16.5. The number of carbonyl (C=O) groups is 3. The summed E-state index contributed by atoms with van der Waals surface area (Å²) in [4.78, 5) is 39.9. The maximum atomic E-state index is 13.5. The first-order valence-corrected chi connectivity index (χ1v) is 15.3. The Hall–Kier alpha value is -4.69. The van der Waals surface area contributed by atoms with Crippen LogP contribution in [0.3, 0.4) is 0 Å². The number of hydrogen-bond donors (Lipinski definition) is 1. The highest BCUT2D eigenvalue weighted by Gasteiger charge is 2.59. The largest absolute Gasteiger partial charge is 0.507 e. The maximum absolute atomic E-state index is 13.5. The van der Waals surface area contributed by atoms with Crippen LogP contribution in [-0.2, 0) is 19.1 Å². The van der Waals surface area contributed by atoms with Gasteiger partial charge >= 0.3 is 6.09 Å². The highest BCUT2D eigenvalue weighted by Crippen LogP contribution is 2.50. The van der Waals surface area contributed by atoms with Crippen LogP contribution >= 0.6 is 0 Å². The molecule has 1 aliphatic carbocycles. The molecule has 0 aromatic heterocycles. The fourth-order valence-electron chi connectivity index (χ4n) is 7.08.